The number of rotatable bonds is 5. The third-order valence-corrected chi connectivity index (χ3v) is 3.00. The Hall–Kier alpha value is -1.58. The Morgan fingerprint density at radius 1 is 1.15 bits per heavy atom. The second-order valence-electron chi connectivity index (χ2n) is 4.86. The van der Waals surface area contributed by atoms with Gasteiger partial charge in [0, 0.05) is 17.6 Å². The summed E-state index contributed by atoms with van der Waals surface area (Å²) in [5, 5.41) is 3.86. The summed E-state index contributed by atoms with van der Waals surface area (Å²) in [6.45, 7) is 4.73. The zero-order valence-corrected chi connectivity index (χ0v) is 12.2. The van der Waals surface area contributed by atoms with Gasteiger partial charge < -0.3 is 10.1 Å². The van der Waals surface area contributed by atoms with Gasteiger partial charge in [-0.15, -0.1) is 0 Å². The van der Waals surface area contributed by atoms with Crippen LogP contribution in [0.25, 0.3) is 0 Å². The Bertz CT molecular complexity index is 569. The molecule has 0 bridgehead atoms. The molecule has 0 fully saturated rings. The Labute approximate surface area is 123 Å². The number of nitrogens with one attached hydrogen (secondary N) is 1. The highest BCUT2D eigenvalue weighted by molar-refractivity contribution is 6.30. The summed E-state index contributed by atoms with van der Waals surface area (Å²) >= 11 is 5.79. The fraction of sp³-hybridized carbons (Fsp3) is 0.250. The molecule has 0 radical (unpaired) electrons. The lowest BCUT2D eigenvalue weighted by Gasteiger charge is -2.10. The van der Waals surface area contributed by atoms with Crippen LogP contribution in [0.1, 0.15) is 19.4 Å². The predicted octanol–water partition coefficient (Wildman–Crippen LogP) is 4.77. The topological polar surface area (TPSA) is 21.3 Å². The monoisotopic (exact) mass is 293 g/mol. The predicted molar refractivity (Wildman–Crippen MR) is 79.9 cm³/mol. The van der Waals surface area contributed by atoms with Gasteiger partial charge in [0.1, 0.15) is 5.75 Å². The molecule has 0 aromatic heterocycles. The van der Waals surface area contributed by atoms with Crippen molar-refractivity contribution in [3.05, 3.63) is 58.9 Å². The van der Waals surface area contributed by atoms with Crippen molar-refractivity contribution in [1.29, 1.82) is 0 Å². The number of halogens is 2. The van der Waals surface area contributed by atoms with E-state index in [0.717, 1.165) is 5.56 Å². The van der Waals surface area contributed by atoms with Crippen LogP contribution >= 0.6 is 11.6 Å². The first-order valence-corrected chi connectivity index (χ1v) is 6.87. The first-order valence-electron chi connectivity index (χ1n) is 6.50. The maximum atomic E-state index is 14.0. The summed E-state index contributed by atoms with van der Waals surface area (Å²) < 4.78 is 19.5. The van der Waals surface area contributed by atoms with Crippen molar-refractivity contribution in [1.82, 2.24) is 5.32 Å². The van der Waals surface area contributed by atoms with Gasteiger partial charge in [-0.2, -0.15) is 0 Å². The molecular formula is C16H17ClFNO. The minimum atomic E-state index is -0.372. The van der Waals surface area contributed by atoms with E-state index in [1.807, 2.05) is 19.9 Å². The maximum Gasteiger partial charge on any atom is 0.166 e. The minimum Gasteiger partial charge on any atom is -0.454 e. The lowest BCUT2D eigenvalue weighted by atomic mass is 10.2. The van der Waals surface area contributed by atoms with Crippen molar-refractivity contribution in [2.45, 2.75) is 26.4 Å². The van der Waals surface area contributed by atoms with Crippen molar-refractivity contribution in [3.8, 4) is 11.5 Å². The standard InChI is InChI=1S/C16H17ClFNO/c1-11(2)19-10-12-3-8-16(15(18)9-12)20-14-6-4-13(17)5-7-14/h3-9,11,19H,10H2,1-2H3. The van der Waals surface area contributed by atoms with E-state index in [1.165, 1.54) is 6.07 Å². The van der Waals surface area contributed by atoms with Gasteiger partial charge in [-0.1, -0.05) is 31.5 Å². The summed E-state index contributed by atoms with van der Waals surface area (Å²) in [6.07, 6.45) is 0. The van der Waals surface area contributed by atoms with E-state index in [-0.39, 0.29) is 11.6 Å². The van der Waals surface area contributed by atoms with Crippen molar-refractivity contribution in [2.75, 3.05) is 0 Å². The van der Waals surface area contributed by atoms with Crippen LogP contribution < -0.4 is 10.1 Å². The van der Waals surface area contributed by atoms with Crippen LogP contribution in [-0.4, -0.2) is 6.04 Å². The zero-order chi connectivity index (χ0) is 14.5. The summed E-state index contributed by atoms with van der Waals surface area (Å²) in [4.78, 5) is 0. The third kappa shape index (κ3) is 4.22. The minimum absolute atomic E-state index is 0.209. The number of hydrogen-bond donors (Lipinski definition) is 1. The molecule has 2 nitrogen and oxygen atoms in total. The van der Waals surface area contributed by atoms with Gasteiger partial charge in [0.2, 0.25) is 0 Å². The molecule has 2 rings (SSSR count). The molecule has 0 atom stereocenters. The van der Waals surface area contributed by atoms with Crippen LogP contribution in [0.3, 0.4) is 0 Å². The van der Waals surface area contributed by atoms with Crippen LogP contribution in [0.5, 0.6) is 11.5 Å². The van der Waals surface area contributed by atoms with Gasteiger partial charge in [0.15, 0.2) is 11.6 Å². The van der Waals surface area contributed by atoms with Gasteiger partial charge in [-0.25, -0.2) is 4.39 Å². The van der Waals surface area contributed by atoms with Gasteiger partial charge in [0.25, 0.3) is 0 Å². The largest absolute Gasteiger partial charge is 0.454 e. The van der Waals surface area contributed by atoms with Crippen molar-refractivity contribution in [3.63, 3.8) is 0 Å². The molecule has 4 heteroatoms. The molecule has 0 spiro atoms. The van der Waals surface area contributed by atoms with Gasteiger partial charge in [-0.05, 0) is 42.0 Å². The molecule has 2 aromatic rings. The molecule has 0 aliphatic heterocycles. The average molecular weight is 294 g/mol. The van der Waals surface area contributed by atoms with Crippen molar-refractivity contribution in [2.24, 2.45) is 0 Å². The van der Waals surface area contributed by atoms with Crippen LogP contribution in [0.15, 0.2) is 42.5 Å². The number of hydrogen-bond acceptors (Lipinski definition) is 2. The van der Waals surface area contributed by atoms with Gasteiger partial charge >= 0.3 is 0 Å². The molecule has 0 amide bonds. The van der Waals surface area contributed by atoms with Crippen LogP contribution in [0.4, 0.5) is 4.39 Å². The molecular weight excluding hydrogens is 277 g/mol. The van der Waals surface area contributed by atoms with E-state index in [0.29, 0.717) is 23.4 Å². The highest BCUT2D eigenvalue weighted by Gasteiger charge is 2.06. The third-order valence-electron chi connectivity index (χ3n) is 2.75. The number of ether oxygens (including phenoxy) is 1. The lowest BCUT2D eigenvalue weighted by molar-refractivity contribution is 0.441. The smallest absolute Gasteiger partial charge is 0.166 e. The Morgan fingerprint density at radius 2 is 1.85 bits per heavy atom. The van der Waals surface area contributed by atoms with E-state index < -0.39 is 0 Å². The van der Waals surface area contributed by atoms with E-state index in [4.69, 9.17) is 16.3 Å². The average Bonchev–Trinajstić information content (AvgIpc) is 2.41. The van der Waals surface area contributed by atoms with Gasteiger partial charge in [0.05, 0.1) is 0 Å². The molecule has 1 N–H and O–H groups in total. The van der Waals surface area contributed by atoms with Gasteiger partial charge in [-0.3, -0.25) is 0 Å². The second-order valence-corrected chi connectivity index (χ2v) is 5.29. The molecule has 0 aliphatic rings. The molecule has 0 unspecified atom stereocenters. The Balaban J connectivity index is 2.07. The SMILES string of the molecule is CC(C)NCc1ccc(Oc2ccc(Cl)cc2)c(F)c1. The highest BCUT2D eigenvalue weighted by Crippen LogP contribution is 2.26. The molecule has 0 heterocycles. The summed E-state index contributed by atoms with van der Waals surface area (Å²) in [5.41, 5.74) is 0.889. The van der Waals surface area contributed by atoms with Crippen LogP contribution in [-0.2, 0) is 6.54 Å². The summed E-state index contributed by atoms with van der Waals surface area (Å²) in [7, 11) is 0. The van der Waals surface area contributed by atoms with Crippen LogP contribution in [0, 0.1) is 5.82 Å². The van der Waals surface area contributed by atoms with Crippen molar-refractivity contribution < 1.29 is 9.13 Å². The molecule has 0 saturated heterocycles. The van der Waals surface area contributed by atoms with E-state index in [1.54, 1.807) is 30.3 Å². The van der Waals surface area contributed by atoms with E-state index in [9.17, 15) is 4.39 Å². The Morgan fingerprint density at radius 3 is 2.45 bits per heavy atom. The molecule has 20 heavy (non-hydrogen) atoms. The quantitative estimate of drug-likeness (QED) is 0.857. The highest BCUT2D eigenvalue weighted by atomic mass is 35.5. The molecule has 2 aromatic carbocycles. The number of benzene rings is 2. The fourth-order valence-electron chi connectivity index (χ4n) is 1.69. The first-order chi connectivity index (χ1) is 9.54. The first kappa shape index (κ1) is 14.8. The fourth-order valence-corrected chi connectivity index (χ4v) is 1.81. The molecule has 0 saturated carbocycles. The van der Waals surface area contributed by atoms with Crippen LogP contribution in [0.2, 0.25) is 5.02 Å². The Kier molecular flexibility index (Phi) is 4.99. The summed E-state index contributed by atoms with van der Waals surface area (Å²) in [5.74, 6) is 0.394. The zero-order valence-electron chi connectivity index (χ0n) is 11.5. The maximum absolute atomic E-state index is 14.0. The van der Waals surface area contributed by atoms with Crippen molar-refractivity contribution >= 4 is 11.6 Å². The normalized spacial score (nSPS) is 10.8. The summed E-state index contributed by atoms with van der Waals surface area (Å²) in [6, 6.07) is 12.2. The van der Waals surface area contributed by atoms with E-state index >= 15 is 0 Å². The lowest BCUT2D eigenvalue weighted by Crippen LogP contribution is -2.21. The second kappa shape index (κ2) is 6.73. The molecule has 0 aliphatic carbocycles. The van der Waals surface area contributed by atoms with E-state index in [2.05, 4.69) is 5.32 Å². The molecule has 106 valence electrons.